The number of hydrogen-bond acceptors (Lipinski definition) is 5. The molecule has 0 aliphatic carbocycles. The monoisotopic (exact) mass is 433 g/mol. The molecule has 6 nitrogen and oxygen atoms in total. The fraction of sp³-hybridized carbons (Fsp3) is 0.333. The summed E-state index contributed by atoms with van der Waals surface area (Å²) in [7, 11) is 0. The van der Waals surface area contributed by atoms with E-state index in [0.29, 0.717) is 6.04 Å². The quantitative estimate of drug-likeness (QED) is 0.449. The van der Waals surface area contributed by atoms with Crippen LogP contribution >= 0.6 is 11.3 Å². The molecule has 4 aromatic rings. The summed E-state index contributed by atoms with van der Waals surface area (Å²) in [6.07, 6.45) is 1.80. The zero-order valence-electron chi connectivity index (χ0n) is 18.1. The van der Waals surface area contributed by atoms with Gasteiger partial charge in [-0.1, -0.05) is 13.8 Å². The Bertz CT molecular complexity index is 1250. The number of H-pyrrole nitrogens is 1. The summed E-state index contributed by atoms with van der Waals surface area (Å²) in [5.41, 5.74) is 5.13. The van der Waals surface area contributed by atoms with E-state index in [4.69, 9.17) is 0 Å². The van der Waals surface area contributed by atoms with Crippen LogP contribution in [0.25, 0.3) is 21.1 Å². The number of nitrogens with zero attached hydrogens (tertiary/aromatic N) is 3. The van der Waals surface area contributed by atoms with Crippen molar-refractivity contribution in [2.45, 2.75) is 26.8 Å². The minimum atomic E-state index is 0.113. The van der Waals surface area contributed by atoms with Gasteiger partial charge in [0.15, 0.2) is 0 Å². The van der Waals surface area contributed by atoms with Crippen molar-refractivity contribution < 1.29 is 4.79 Å². The van der Waals surface area contributed by atoms with Crippen LogP contribution in [0.5, 0.6) is 0 Å². The second-order valence-electron chi connectivity index (χ2n) is 8.15. The molecule has 4 heterocycles. The third kappa shape index (κ3) is 3.68. The number of fused-ring (bicyclic) bond motifs is 2. The highest BCUT2D eigenvalue weighted by Gasteiger charge is 2.34. The minimum Gasteiger partial charge on any atom is -0.359 e. The van der Waals surface area contributed by atoms with Crippen molar-refractivity contribution in [3.63, 3.8) is 0 Å². The Hall–Kier alpha value is -2.90. The number of nitrogens with one attached hydrogen (secondary N) is 2. The summed E-state index contributed by atoms with van der Waals surface area (Å²) < 4.78 is 1.01. The predicted molar refractivity (Wildman–Crippen MR) is 129 cm³/mol. The van der Waals surface area contributed by atoms with Crippen LogP contribution in [0.2, 0.25) is 0 Å². The normalized spacial score (nSPS) is 14.5. The number of aromatic nitrogens is 2. The third-order valence-electron chi connectivity index (χ3n) is 6.14. The molecule has 0 spiro atoms. The van der Waals surface area contributed by atoms with Crippen LogP contribution in [0, 0.1) is 6.92 Å². The lowest BCUT2D eigenvalue weighted by Crippen LogP contribution is -2.60. The van der Waals surface area contributed by atoms with Crippen LogP contribution in [0.1, 0.15) is 29.2 Å². The second-order valence-corrected chi connectivity index (χ2v) is 9.20. The van der Waals surface area contributed by atoms with Gasteiger partial charge in [-0.2, -0.15) is 0 Å². The Kier molecular flexibility index (Phi) is 5.16. The molecule has 1 aliphatic rings. The number of amides is 1. The molecule has 3 aromatic heterocycles. The van der Waals surface area contributed by atoms with E-state index in [0.717, 1.165) is 63.9 Å². The number of aryl methyl sites for hydroxylation is 1. The first-order chi connectivity index (χ1) is 15.1. The van der Waals surface area contributed by atoms with E-state index < -0.39 is 0 Å². The van der Waals surface area contributed by atoms with E-state index >= 15 is 0 Å². The van der Waals surface area contributed by atoms with E-state index in [9.17, 15) is 4.79 Å². The number of anilines is 2. The van der Waals surface area contributed by atoms with Crippen LogP contribution in [0.4, 0.5) is 11.4 Å². The molecule has 0 unspecified atom stereocenters. The molecule has 2 N–H and O–H groups in total. The molecule has 1 amide bonds. The van der Waals surface area contributed by atoms with Crippen molar-refractivity contribution in [3.05, 3.63) is 53.2 Å². The molecule has 1 saturated heterocycles. The van der Waals surface area contributed by atoms with Crippen LogP contribution < -0.4 is 5.32 Å². The summed E-state index contributed by atoms with van der Waals surface area (Å²) >= 11 is 1.52. The largest absolute Gasteiger partial charge is 0.359 e. The molecule has 5 rings (SSSR count). The van der Waals surface area contributed by atoms with E-state index in [2.05, 4.69) is 65.2 Å². The molecule has 7 heteroatoms. The Balaban J connectivity index is 1.37. The summed E-state index contributed by atoms with van der Waals surface area (Å²) in [5, 5.41) is 4.70. The van der Waals surface area contributed by atoms with Gasteiger partial charge in [0.05, 0.1) is 20.8 Å². The lowest BCUT2D eigenvalue weighted by molar-refractivity contribution is 0.0299. The van der Waals surface area contributed by atoms with E-state index in [-0.39, 0.29) is 5.91 Å². The molecular weight excluding hydrogens is 406 g/mol. The summed E-state index contributed by atoms with van der Waals surface area (Å²) in [5.74, 6) is 0.113. The highest BCUT2D eigenvalue weighted by atomic mass is 32.1. The fourth-order valence-corrected chi connectivity index (χ4v) is 5.45. The number of benzene rings is 1. The Labute approximate surface area is 185 Å². The zero-order chi connectivity index (χ0) is 21.5. The maximum absolute atomic E-state index is 13.0. The maximum atomic E-state index is 13.0. The van der Waals surface area contributed by atoms with Gasteiger partial charge >= 0.3 is 0 Å². The molecule has 0 saturated carbocycles. The molecule has 0 radical (unpaired) electrons. The molecular formula is C24H27N5OS. The van der Waals surface area contributed by atoms with Crippen molar-refractivity contribution >= 4 is 49.7 Å². The van der Waals surface area contributed by atoms with Gasteiger partial charge in [0.25, 0.3) is 5.91 Å². The number of pyridine rings is 1. The van der Waals surface area contributed by atoms with Crippen LogP contribution in [0.15, 0.2) is 42.6 Å². The van der Waals surface area contributed by atoms with E-state index in [1.165, 1.54) is 16.7 Å². The predicted octanol–water partition coefficient (Wildman–Crippen LogP) is 5.00. The summed E-state index contributed by atoms with van der Waals surface area (Å²) in [6.45, 7) is 10.1. The lowest BCUT2D eigenvalue weighted by atomic mass is 10.1. The van der Waals surface area contributed by atoms with Crippen molar-refractivity contribution in [1.29, 1.82) is 0 Å². The van der Waals surface area contributed by atoms with Crippen LogP contribution in [-0.4, -0.2) is 57.9 Å². The van der Waals surface area contributed by atoms with E-state index in [1.54, 1.807) is 6.20 Å². The van der Waals surface area contributed by atoms with Gasteiger partial charge in [0.2, 0.25) is 0 Å². The lowest BCUT2D eigenvalue weighted by Gasteiger charge is -2.44. The standard InChI is InChI=1S/C24H27N5OS/c1-4-28(5-2)18-13-29(14-18)24(30)22-12-21-23(31-22)20(8-9-25-21)27-17-6-7-19-16(11-17)10-15(3)26-19/h6-12,18,26H,4-5,13-14H2,1-3H3,(H,25,27). The van der Waals surface area contributed by atoms with Crippen molar-refractivity contribution in [3.8, 4) is 0 Å². The molecule has 0 atom stereocenters. The number of rotatable bonds is 6. The smallest absolute Gasteiger partial charge is 0.264 e. The van der Waals surface area contributed by atoms with E-state index in [1.807, 2.05) is 17.0 Å². The number of hydrogen-bond donors (Lipinski definition) is 2. The summed E-state index contributed by atoms with van der Waals surface area (Å²) in [6, 6.07) is 12.8. The van der Waals surface area contributed by atoms with Crippen LogP contribution in [-0.2, 0) is 0 Å². The number of carbonyl (C=O) groups is 1. The van der Waals surface area contributed by atoms with Crippen molar-refractivity contribution in [2.24, 2.45) is 0 Å². The van der Waals surface area contributed by atoms with Gasteiger partial charge in [-0.05, 0) is 56.4 Å². The molecule has 0 bridgehead atoms. The zero-order valence-corrected chi connectivity index (χ0v) is 18.9. The van der Waals surface area contributed by atoms with Gasteiger partial charge in [-0.25, -0.2) is 0 Å². The first-order valence-electron chi connectivity index (χ1n) is 10.8. The number of thiophene rings is 1. The fourth-order valence-electron chi connectivity index (χ4n) is 4.40. The molecule has 160 valence electrons. The first-order valence-corrected chi connectivity index (χ1v) is 11.7. The second kappa shape index (κ2) is 7.98. The third-order valence-corrected chi connectivity index (χ3v) is 7.28. The minimum absolute atomic E-state index is 0.113. The average molecular weight is 434 g/mol. The van der Waals surface area contributed by atoms with Gasteiger partial charge in [-0.3, -0.25) is 14.7 Å². The topological polar surface area (TPSA) is 64.3 Å². The highest BCUT2D eigenvalue weighted by molar-refractivity contribution is 7.21. The number of likely N-dealkylation sites (N-methyl/N-ethyl adjacent to an activating group) is 1. The van der Waals surface area contributed by atoms with Crippen molar-refractivity contribution in [1.82, 2.24) is 19.8 Å². The first kappa shape index (κ1) is 20.0. The molecule has 1 aliphatic heterocycles. The molecule has 1 fully saturated rings. The van der Waals surface area contributed by atoms with Gasteiger partial charge in [0, 0.05) is 47.6 Å². The average Bonchev–Trinajstić information content (AvgIpc) is 3.33. The molecule has 1 aromatic carbocycles. The van der Waals surface area contributed by atoms with Crippen LogP contribution in [0.3, 0.4) is 0 Å². The Morgan fingerprint density at radius 1 is 1.23 bits per heavy atom. The SMILES string of the molecule is CCN(CC)C1CN(C(=O)c2cc3nccc(Nc4ccc5[nH]c(C)cc5c4)c3s2)C1. The molecule has 31 heavy (non-hydrogen) atoms. The van der Waals surface area contributed by atoms with Crippen molar-refractivity contribution in [2.75, 3.05) is 31.5 Å². The van der Waals surface area contributed by atoms with Gasteiger partial charge in [0.1, 0.15) is 0 Å². The number of likely N-dealkylation sites (tertiary alicyclic amines) is 1. The highest BCUT2D eigenvalue weighted by Crippen LogP contribution is 2.34. The maximum Gasteiger partial charge on any atom is 0.264 e. The Morgan fingerprint density at radius 3 is 2.81 bits per heavy atom. The Morgan fingerprint density at radius 2 is 2.03 bits per heavy atom. The number of carbonyl (C=O) groups excluding carboxylic acids is 1. The number of aromatic amines is 1. The van der Waals surface area contributed by atoms with Gasteiger partial charge in [-0.15, -0.1) is 11.3 Å². The van der Waals surface area contributed by atoms with Gasteiger partial charge < -0.3 is 15.2 Å². The summed E-state index contributed by atoms with van der Waals surface area (Å²) in [4.78, 5) is 26.0.